The predicted octanol–water partition coefficient (Wildman–Crippen LogP) is 2.86. The number of benzene rings is 2. The quantitative estimate of drug-likeness (QED) is 0.330. The molecule has 0 aliphatic carbocycles. The van der Waals surface area contributed by atoms with Gasteiger partial charge in [0.1, 0.15) is 5.52 Å². The van der Waals surface area contributed by atoms with Gasteiger partial charge in [0.2, 0.25) is 0 Å². The van der Waals surface area contributed by atoms with E-state index in [0.717, 1.165) is 28.0 Å². The van der Waals surface area contributed by atoms with Gasteiger partial charge in [-0.15, -0.1) is 20.4 Å². The molecule has 0 radical (unpaired) electrons. The second kappa shape index (κ2) is 9.28. The van der Waals surface area contributed by atoms with Crippen LogP contribution in [-0.2, 0) is 4.79 Å². The van der Waals surface area contributed by atoms with E-state index in [0.29, 0.717) is 36.0 Å². The lowest BCUT2D eigenvalue weighted by Gasteiger charge is -2.27. The Morgan fingerprint density at radius 3 is 2.57 bits per heavy atom. The van der Waals surface area contributed by atoms with Gasteiger partial charge in [-0.25, -0.2) is 9.69 Å². The Kier molecular flexibility index (Phi) is 5.80. The van der Waals surface area contributed by atoms with Gasteiger partial charge < -0.3 is 0 Å². The lowest BCUT2D eigenvalue weighted by atomic mass is 10.2. The standard InChI is InChI=1S/C25H23N9O2S/c1-16-9-10-21-20(13-16)27-28-24-29-30-25(33(21)24)37-15-22(35)31-11-6-12-32(31)23(36)19-14-26-34(17(19)2)18-7-4-3-5-8-18/h3-5,7-10,13-14H,6,11-12,15H2,1-2H3. The van der Waals surface area contributed by atoms with E-state index >= 15 is 0 Å². The van der Waals surface area contributed by atoms with Gasteiger partial charge in [0, 0.05) is 13.1 Å². The van der Waals surface area contributed by atoms with Crippen LogP contribution < -0.4 is 0 Å². The third-order valence-electron chi connectivity index (χ3n) is 6.35. The summed E-state index contributed by atoms with van der Waals surface area (Å²) in [6.07, 6.45) is 2.28. The topological polar surface area (TPSA) is 114 Å². The molecule has 12 heteroatoms. The van der Waals surface area contributed by atoms with Crippen LogP contribution in [0.3, 0.4) is 0 Å². The number of fused-ring (bicyclic) bond motifs is 3. The Morgan fingerprint density at radius 1 is 0.946 bits per heavy atom. The number of hydrogen-bond donors (Lipinski definition) is 0. The van der Waals surface area contributed by atoms with Crippen LogP contribution in [0.1, 0.15) is 28.0 Å². The molecule has 1 aliphatic rings. The molecule has 6 rings (SSSR count). The lowest BCUT2D eigenvalue weighted by molar-refractivity contribution is -0.137. The van der Waals surface area contributed by atoms with Crippen LogP contribution in [0.4, 0.5) is 0 Å². The highest BCUT2D eigenvalue weighted by Gasteiger charge is 2.33. The van der Waals surface area contributed by atoms with Crippen molar-refractivity contribution in [3.8, 4) is 5.69 Å². The van der Waals surface area contributed by atoms with Gasteiger partial charge in [-0.1, -0.05) is 36.0 Å². The fraction of sp³-hybridized carbons (Fsp3) is 0.240. The number of hydrazine groups is 1. The van der Waals surface area contributed by atoms with Gasteiger partial charge in [0.25, 0.3) is 17.6 Å². The van der Waals surface area contributed by atoms with Crippen molar-refractivity contribution in [1.82, 2.24) is 44.6 Å². The number of nitrogens with zero attached hydrogens (tertiary/aromatic N) is 9. The van der Waals surface area contributed by atoms with E-state index in [9.17, 15) is 9.59 Å². The summed E-state index contributed by atoms with van der Waals surface area (Å²) in [5.74, 6) is 0.0563. The fourth-order valence-corrected chi connectivity index (χ4v) is 5.31. The summed E-state index contributed by atoms with van der Waals surface area (Å²) in [5.41, 5.74) is 4.69. The van der Waals surface area contributed by atoms with Crippen molar-refractivity contribution in [2.75, 3.05) is 18.8 Å². The highest BCUT2D eigenvalue weighted by molar-refractivity contribution is 7.99. The number of hydrogen-bond acceptors (Lipinski definition) is 8. The molecule has 1 fully saturated rings. The van der Waals surface area contributed by atoms with E-state index in [4.69, 9.17) is 0 Å². The molecule has 2 aromatic carbocycles. The minimum absolute atomic E-state index is 0.0997. The maximum atomic E-state index is 13.4. The molecule has 0 unspecified atom stereocenters. The second-order valence-corrected chi connectivity index (χ2v) is 9.73. The van der Waals surface area contributed by atoms with Crippen LogP contribution in [-0.4, -0.2) is 75.3 Å². The minimum Gasteiger partial charge on any atom is -0.272 e. The van der Waals surface area contributed by atoms with E-state index in [1.54, 1.807) is 15.3 Å². The Labute approximate surface area is 216 Å². The Bertz CT molecular complexity index is 1650. The third kappa shape index (κ3) is 4.08. The molecule has 11 nitrogen and oxygen atoms in total. The summed E-state index contributed by atoms with van der Waals surface area (Å²) in [7, 11) is 0. The average molecular weight is 514 g/mol. The van der Waals surface area contributed by atoms with Gasteiger partial charge >= 0.3 is 0 Å². The molecule has 3 aromatic heterocycles. The molecule has 0 N–H and O–H groups in total. The summed E-state index contributed by atoms with van der Waals surface area (Å²) in [6.45, 7) is 4.80. The molecule has 0 saturated carbocycles. The van der Waals surface area contributed by atoms with Gasteiger partial charge in [0.15, 0.2) is 5.16 Å². The second-order valence-electron chi connectivity index (χ2n) is 8.79. The Morgan fingerprint density at radius 2 is 1.73 bits per heavy atom. The zero-order valence-corrected chi connectivity index (χ0v) is 21.1. The van der Waals surface area contributed by atoms with Crippen molar-refractivity contribution in [2.45, 2.75) is 25.4 Å². The summed E-state index contributed by atoms with van der Waals surface area (Å²) >= 11 is 1.26. The number of carbonyl (C=O) groups is 2. The predicted molar refractivity (Wildman–Crippen MR) is 137 cm³/mol. The maximum absolute atomic E-state index is 13.4. The van der Waals surface area contributed by atoms with Gasteiger partial charge in [-0.3, -0.25) is 19.0 Å². The summed E-state index contributed by atoms with van der Waals surface area (Å²) in [4.78, 5) is 26.7. The van der Waals surface area contributed by atoms with Crippen LogP contribution in [0, 0.1) is 13.8 Å². The number of thioether (sulfide) groups is 1. The zero-order chi connectivity index (χ0) is 25.5. The average Bonchev–Trinajstić information content (AvgIpc) is 3.66. The highest BCUT2D eigenvalue weighted by Crippen LogP contribution is 2.24. The number of para-hydroxylation sites is 1. The van der Waals surface area contributed by atoms with Crippen molar-refractivity contribution in [2.24, 2.45) is 0 Å². The zero-order valence-electron chi connectivity index (χ0n) is 20.3. The van der Waals surface area contributed by atoms with E-state index < -0.39 is 0 Å². The maximum Gasteiger partial charge on any atom is 0.275 e. The van der Waals surface area contributed by atoms with Crippen molar-refractivity contribution in [1.29, 1.82) is 0 Å². The first-order chi connectivity index (χ1) is 18.0. The number of rotatable bonds is 5. The normalized spacial score (nSPS) is 13.7. The molecule has 5 aromatic rings. The summed E-state index contributed by atoms with van der Waals surface area (Å²) in [5, 5.41) is 24.7. The smallest absolute Gasteiger partial charge is 0.272 e. The lowest BCUT2D eigenvalue weighted by Crippen LogP contribution is -2.45. The van der Waals surface area contributed by atoms with Crippen molar-refractivity contribution < 1.29 is 9.59 Å². The van der Waals surface area contributed by atoms with Gasteiger partial charge in [-0.2, -0.15) is 5.10 Å². The van der Waals surface area contributed by atoms with Crippen LogP contribution >= 0.6 is 11.8 Å². The van der Waals surface area contributed by atoms with E-state index in [1.807, 2.05) is 62.4 Å². The van der Waals surface area contributed by atoms with Crippen LogP contribution in [0.25, 0.3) is 22.5 Å². The number of aromatic nitrogens is 7. The third-order valence-corrected chi connectivity index (χ3v) is 7.27. The molecule has 186 valence electrons. The SMILES string of the molecule is Cc1ccc2c(c1)nnc1nnc(SCC(=O)N3CCCN3C(=O)c3cnn(-c4ccccc4)c3C)n12. The molecular formula is C25H23N9O2S. The molecule has 4 heterocycles. The summed E-state index contributed by atoms with van der Waals surface area (Å²) < 4.78 is 3.53. The fourth-order valence-electron chi connectivity index (χ4n) is 4.50. The molecule has 0 spiro atoms. The monoisotopic (exact) mass is 513 g/mol. The van der Waals surface area contributed by atoms with E-state index in [2.05, 4.69) is 25.5 Å². The van der Waals surface area contributed by atoms with Crippen LogP contribution in [0.15, 0.2) is 59.9 Å². The van der Waals surface area contributed by atoms with Gasteiger partial charge in [0.05, 0.1) is 34.4 Å². The first kappa shape index (κ1) is 23.1. The van der Waals surface area contributed by atoms with Crippen LogP contribution in [0.5, 0.6) is 0 Å². The molecule has 2 amide bonds. The number of aryl methyl sites for hydroxylation is 1. The first-order valence-corrected chi connectivity index (χ1v) is 12.8. The minimum atomic E-state index is -0.236. The van der Waals surface area contributed by atoms with Gasteiger partial charge in [-0.05, 0) is 50.1 Å². The molecule has 0 bridgehead atoms. The van der Waals surface area contributed by atoms with Crippen molar-refractivity contribution >= 4 is 40.4 Å². The Hall–Kier alpha value is -4.32. The molecular weight excluding hydrogens is 490 g/mol. The first-order valence-electron chi connectivity index (χ1n) is 11.8. The van der Waals surface area contributed by atoms with Crippen molar-refractivity contribution in [3.05, 3.63) is 71.5 Å². The molecule has 0 atom stereocenters. The Balaban J connectivity index is 1.20. The number of carbonyl (C=O) groups excluding carboxylic acids is 2. The van der Waals surface area contributed by atoms with E-state index in [-0.39, 0.29) is 17.6 Å². The molecule has 37 heavy (non-hydrogen) atoms. The van der Waals surface area contributed by atoms with Crippen LogP contribution in [0.2, 0.25) is 0 Å². The van der Waals surface area contributed by atoms with E-state index in [1.165, 1.54) is 21.8 Å². The van der Waals surface area contributed by atoms with Crippen molar-refractivity contribution in [3.63, 3.8) is 0 Å². The number of amides is 2. The summed E-state index contributed by atoms with van der Waals surface area (Å²) in [6, 6.07) is 15.5. The molecule has 1 saturated heterocycles. The largest absolute Gasteiger partial charge is 0.275 e. The molecule has 1 aliphatic heterocycles. The highest BCUT2D eigenvalue weighted by atomic mass is 32.2.